The third-order valence-corrected chi connectivity index (χ3v) is 7.94. The van der Waals surface area contributed by atoms with Crippen molar-refractivity contribution in [2.75, 3.05) is 32.4 Å². The van der Waals surface area contributed by atoms with E-state index in [4.69, 9.17) is 0 Å². The van der Waals surface area contributed by atoms with Crippen molar-refractivity contribution >= 4 is 28.7 Å². The van der Waals surface area contributed by atoms with Crippen LogP contribution in [0.2, 0.25) is 0 Å². The molecule has 3 heterocycles. The van der Waals surface area contributed by atoms with Crippen molar-refractivity contribution in [2.45, 2.75) is 42.5 Å². The van der Waals surface area contributed by atoms with Crippen molar-refractivity contribution < 1.29 is 4.79 Å². The summed E-state index contributed by atoms with van der Waals surface area (Å²) in [7, 11) is 0. The lowest BCUT2D eigenvalue weighted by molar-refractivity contribution is 0.0575. The summed E-state index contributed by atoms with van der Waals surface area (Å²) in [6, 6.07) is 14.8. The summed E-state index contributed by atoms with van der Waals surface area (Å²) in [6.45, 7) is 3.87. The van der Waals surface area contributed by atoms with E-state index in [0.717, 1.165) is 73.4 Å². The molecule has 2 aromatic carbocycles. The molecular weight excluding hydrogens is 420 g/mol. The second kappa shape index (κ2) is 9.16. The number of nitrogens with zero attached hydrogens (tertiary/aromatic N) is 2. The lowest BCUT2D eigenvalue weighted by Crippen LogP contribution is -2.48. The maximum atomic E-state index is 13.0. The van der Waals surface area contributed by atoms with Gasteiger partial charge in [-0.3, -0.25) is 4.79 Å². The Morgan fingerprint density at radius 2 is 1.66 bits per heavy atom. The molecule has 2 N–H and O–H groups in total. The molecule has 1 amide bonds. The van der Waals surface area contributed by atoms with Gasteiger partial charge in [-0.15, -0.1) is 11.8 Å². The van der Waals surface area contributed by atoms with Crippen molar-refractivity contribution in [1.29, 1.82) is 0 Å². The number of aromatic amines is 2. The first-order valence-electron chi connectivity index (χ1n) is 11.5. The minimum Gasteiger partial charge on any atom is -0.338 e. The molecule has 0 spiro atoms. The van der Waals surface area contributed by atoms with Crippen LogP contribution in [0.5, 0.6) is 0 Å². The molecule has 5 rings (SSSR count). The van der Waals surface area contributed by atoms with E-state index in [0.29, 0.717) is 12.0 Å². The number of aromatic nitrogens is 2. The Morgan fingerprint density at radius 3 is 2.41 bits per heavy atom. The third-order valence-electron chi connectivity index (χ3n) is 7.15. The van der Waals surface area contributed by atoms with E-state index in [-0.39, 0.29) is 11.6 Å². The summed E-state index contributed by atoms with van der Waals surface area (Å²) in [5, 5.41) is 0. The van der Waals surface area contributed by atoms with Gasteiger partial charge in [0, 0.05) is 24.0 Å². The highest BCUT2D eigenvalue weighted by atomic mass is 32.2. The number of nitrogens with one attached hydrogen (secondary N) is 2. The van der Waals surface area contributed by atoms with E-state index in [9.17, 15) is 9.59 Å². The molecule has 0 saturated carbocycles. The van der Waals surface area contributed by atoms with Gasteiger partial charge in [0.05, 0.1) is 16.6 Å². The summed E-state index contributed by atoms with van der Waals surface area (Å²) in [5.74, 6) is 0.712. The van der Waals surface area contributed by atoms with Crippen LogP contribution in [0.1, 0.15) is 47.5 Å². The number of imidazole rings is 1. The first-order valence-corrected chi connectivity index (χ1v) is 12.7. The number of amides is 1. The molecule has 2 aliphatic heterocycles. The molecule has 0 atom stereocenters. The number of benzene rings is 2. The quantitative estimate of drug-likeness (QED) is 0.588. The summed E-state index contributed by atoms with van der Waals surface area (Å²) in [6.07, 6.45) is 6.40. The first kappa shape index (κ1) is 21.3. The predicted molar refractivity (Wildman–Crippen MR) is 130 cm³/mol. The van der Waals surface area contributed by atoms with Gasteiger partial charge >= 0.3 is 5.69 Å². The SMILES string of the molecule is CSc1ccccc1C(=O)N1CCC(N2CCC(c3ccc4[nH]c(=O)[nH]c4c3)CC2)CC1. The average Bonchev–Trinajstić information content (AvgIpc) is 3.23. The van der Waals surface area contributed by atoms with Gasteiger partial charge in [0.15, 0.2) is 0 Å². The molecule has 2 saturated heterocycles. The molecular formula is C25H30N4O2S. The Morgan fingerprint density at radius 1 is 0.938 bits per heavy atom. The Bertz CT molecular complexity index is 1150. The number of hydrogen-bond acceptors (Lipinski definition) is 4. The number of piperidine rings is 2. The lowest BCUT2D eigenvalue weighted by atomic mass is 9.88. The lowest BCUT2D eigenvalue weighted by Gasteiger charge is -2.42. The molecule has 0 bridgehead atoms. The zero-order chi connectivity index (χ0) is 22.1. The predicted octanol–water partition coefficient (Wildman–Crippen LogP) is 4.06. The van der Waals surface area contributed by atoms with E-state index >= 15 is 0 Å². The topological polar surface area (TPSA) is 72.2 Å². The van der Waals surface area contributed by atoms with Gasteiger partial charge in [-0.2, -0.15) is 0 Å². The van der Waals surface area contributed by atoms with Gasteiger partial charge in [-0.25, -0.2) is 4.79 Å². The van der Waals surface area contributed by atoms with Crippen LogP contribution in [0.15, 0.2) is 52.2 Å². The molecule has 168 valence electrons. The average molecular weight is 451 g/mol. The highest BCUT2D eigenvalue weighted by molar-refractivity contribution is 7.98. The normalized spacial score (nSPS) is 19.0. The van der Waals surface area contributed by atoms with Gasteiger partial charge < -0.3 is 19.8 Å². The van der Waals surface area contributed by atoms with Crippen molar-refractivity contribution in [3.63, 3.8) is 0 Å². The van der Waals surface area contributed by atoms with Crippen LogP contribution in [0.25, 0.3) is 11.0 Å². The number of rotatable bonds is 4. The Labute approximate surface area is 192 Å². The van der Waals surface area contributed by atoms with Crippen LogP contribution in [0.4, 0.5) is 0 Å². The summed E-state index contributed by atoms with van der Waals surface area (Å²) in [5.41, 5.74) is 3.78. The van der Waals surface area contributed by atoms with Crippen LogP contribution in [0, 0.1) is 0 Å². The second-order valence-corrected chi connectivity index (χ2v) is 9.77. The monoisotopic (exact) mass is 450 g/mol. The fraction of sp³-hybridized carbons (Fsp3) is 0.440. The molecule has 0 aliphatic carbocycles. The van der Waals surface area contributed by atoms with Gasteiger partial charge in [-0.05, 0) is 80.8 Å². The van der Waals surface area contributed by atoms with Crippen molar-refractivity contribution in [2.24, 2.45) is 0 Å². The zero-order valence-electron chi connectivity index (χ0n) is 18.5. The molecule has 1 aromatic heterocycles. The smallest absolute Gasteiger partial charge is 0.323 e. The summed E-state index contributed by atoms with van der Waals surface area (Å²) in [4.78, 5) is 36.0. The van der Waals surface area contributed by atoms with Crippen molar-refractivity contribution in [3.8, 4) is 0 Å². The molecule has 3 aromatic rings. The minimum absolute atomic E-state index is 0.145. The largest absolute Gasteiger partial charge is 0.338 e. The fourth-order valence-electron chi connectivity index (χ4n) is 5.33. The van der Waals surface area contributed by atoms with Crippen LogP contribution in [-0.4, -0.2) is 64.2 Å². The first-order chi connectivity index (χ1) is 15.6. The molecule has 2 fully saturated rings. The van der Waals surface area contributed by atoms with E-state index in [1.54, 1.807) is 11.8 Å². The highest BCUT2D eigenvalue weighted by Gasteiger charge is 2.30. The fourth-order valence-corrected chi connectivity index (χ4v) is 5.92. The van der Waals surface area contributed by atoms with Gasteiger partial charge in [-0.1, -0.05) is 18.2 Å². The Hall–Kier alpha value is -2.51. The van der Waals surface area contributed by atoms with Crippen LogP contribution in [-0.2, 0) is 0 Å². The number of hydrogen-bond donors (Lipinski definition) is 2. The number of likely N-dealkylation sites (tertiary alicyclic amines) is 2. The van der Waals surface area contributed by atoms with E-state index < -0.39 is 0 Å². The number of carbonyl (C=O) groups excluding carboxylic acids is 1. The minimum atomic E-state index is -0.145. The number of thioether (sulfide) groups is 1. The van der Waals surface area contributed by atoms with Crippen molar-refractivity contribution in [1.82, 2.24) is 19.8 Å². The Balaban J connectivity index is 1.16. The van der Waals surface area contributed by atoms with E-state index in [1.807, 2.05) is 41.5 Å². The van der Waals surface area contributed by atoms with E-state index in [1.165, 1.54) is 5.56 Å². The van der Waals surface area contributed by atoms with Gasteiger partial charge in [0.2, 0.25) is 0 Å². The number of fused-ring (bicyclic) bond motifs is 1. The van der Waals surface area contributed by atoms with Crippen LogP contribution in [0.3, 0.4) is 0 Å². The molecule has 0 radical (unpaired) electrons. The molecule has 6 nitrogen and oxygen atoms in total. The Kier molecular flexibility index (Phi) is 6.11. The molecule has 32 heavy (non-hydrogen) atoms. The molecule has 7 heteroatoms. The van der Waals surface area contributed by atoms with Crippen LogP contribution < -0.4 is 5.69 Å². The summed E-state index contributed by atoms with van der Waals surface area (Å²) < 4.78 is 0. The molecule has 2 aliphatic rings. The van der Waals surface area contributed by atoms with Crippen molar-refractivity contribution in [3.05, 3.63) is 64.1 Å². The number of H-pyrrole nitrogens is 2. The zero-order valence-corrected chi connectivity index (χ0v) is 19.3. The standard InChI is InChI=1S/C25H30N4O2S/c1-32-23-5-3-2-4-20(23)24(30)29-14-10-19(11-15-29)28-12-8-17(9-13-28)18-6-7-21-22(16-18)27-25(31)26-21/h2-7,16-17,19H,8-15H2,1H3,(H2,26,27,31). The van der Waals surface area contributed by atoms with E-state index in [2.05, 4.69) is 27.0 Å². The maximum absolute atomic E-state index is 13.0. The summed E-state index contributed by atoms with van der Waals surface area (Å²) >= 11 is 1.64. The third kappa shape index (κ3) is 4.24. The maximum Gasteiger partial charge on any atom is 0.323 e. The second-order valence-electron chi connectivity index (χ2n) is 8.92. The van der Waals surface area contributed by atoms with Crippen LogP contribution >= 0.6 is 11.8 Å². The highest BCUT2D eigenvalue weighted by Crippen LogP contribution is 2.32. The van der Waals surface area contributed by atoms with Gasteiger partial charge in [0.25, 0.3) is 5.91 Å². The van der Waals surface area contributed by atoms with Gasteiger partial charge in [0.1, 0.15) is 0 Å². The number of carbonyl (C=O) groups is 1. The molecule has 0 unspecified atom stereocenters.